The predicted molar refractivity (Wildman–Crippen MR) is 85.2 cm³/mol. The highest BCUT2D eigenvalue weighted by Gasteiger charge is 2.31. The second-order valence-electron chi connectivity index (χ2n) is 6.26. The zero-order chi connectivity index (χ0) is 13.4. The van der Waals surface area contributed by atoms with E-state index in [1.807, 2.05) is 0 Å². The Morgan fingerprint density at radius 3 is 2.80 bits per heavy atom. The van der Waals surface area contributed by atoms with Crippen LogP contribution in [0.4, 0.5) is 5.69 Å². The Labute approximate surface area is 120 Å². The van der Waals surface area contributed by atoms with Gasteiger partial charge in [-0.25, -0.2) is 0 Å². The van der Waals surface area contributed by atoms with Crippen molar-refractivity contribution in [2.75, 3.05) is 18.4 Å². The topological polar surface area (TPSA) is 15.3 Å². The summed E-state index contributed by atoms with van der Waals surface area (Å²) in [5, 5.41) is 6.41. The van der Waals surface area contributed by atoms with E-state index >= 15 is 0 Å². The fourth-order valence-electron chi connectivity index (χ4n) is 3.87. The molecule has 0 aliphatic carbocycles. The normalized spacial score (nSPS) is 26.6. The molecular weight excluding hydrogens is 244 g/mol. The zero-order valence-corrected chi connectivity index (χ0v) is 11.9. The molecule has 0 radical (unpaired) electrons. The van der Waals surface area contributed by atoms with E-state index in [4.69, 9.17) is 0 Å². The van der Waals surface area contributed by atoms with Crippen molar-refractivity contribution in [2.24, 2.45) is 0 Å². The average molecular weight is 266 g/mol. The first-order valence-electron chi connectivity index (χ1n) is 7.88. The standard InChI is InChI=1S/C18H22N2/c1-2-5-15-12-16(8-7-14(15)4-1)19-17-9-11-20-10-3-6-18(20)13-17/h1-2,4-5,7-8,12,17-19H,3,6,9-11,13H2. The van der Waals surface area contributed by atoms with Crippen molar-refractivity contribution >= 4 is 16.5 Å². The van der Waals surface area contributed by atoms with Gasteiger partial charge in [0.1, 0.15) is 0 Å². The van der Waals surface area contributed by atoms with Crippen molar-refractivity contribution in [3.05, 3.63) is 42.5 Å². The average Bonchev–Trinajstić information content (AvgIpc) is 2.95. The molecule has 0 amide bonds. The van der Waals surface area contributed by atoms with E-state index in [-0.39, 0.29) is 0 Å². The van der Waals surface area contributed by atoms with Gasteiger partial charge >= 0.3 is 0 Å². The summed E-state index contributed by atoms with van der Waals surface area (Å²) in [6, 6.07) is 16.8. The number of hydrogen-bond donors (Lipinski definition) is 1. The molecule has 1 N–H and O–H groups in total. The van der Waals surface area contributed by atoms with Crippen molar-refractivity contribution in [2.45, 2.75) is 37.8 Å². The molecule has 2 aliphatic heterocycles. The maximum atomic E-state index is 3.76. The van der Waals surface area contributed by atoms with Gasteiger partial charge in [0.05, 0.1) is 0 Å². The molecule has 2 aliphatic rings. The minimum Gasteiger partial charge on any atom is -0.382 e. The lowest BCUT2D eigenvalue weighted by Crippen LogP contribution is -2.42. The summed E-state index contributed by atoms with van der Waals surface area (Å²) in [7, 11) is 0. The van der Waals surface area contributed by atoms with Gasteiger partial charge in [-0.3, -0.25) is 0 Å². The first kappa shape index (κ1) is 12.2. The van der Waals surface area contributed by atoms with Gasteiger partial charge in [0.15, 0.2) is 0 Å². The molecule has 0 spiro atoms. The Morgan fingerprint density at radius 2 is 1.85 bits per heavy atom. The number of fused-ring (bicyclic) bond motifs is 2. The Balaban J connectivity index is 1.49. The lowest BCUT2D eigenvalue weighted by molar-refractivity contribution is 0.188. The highest BCUT2D eigenvalue weighted by Crippen LogP contribution is 2.29. The molecule has 2 aromatic rings. The monoisotopic (exact) mass is 266 g/mol. The summed E-state index contributed by atoms with van der Waals surface area (Å²) in [6.07, 6.45) is 5.39. The number of nitrogens with one attached hydrogen (secondary N) is 1. The van der Waals surface area contributed by atoms with E-state index < -0.39 is 0 Å². The van der Waals surface area contributed by atoms with Crippen molar-refractivity contribution < 1.29 is 0 Å². The smallest absolute Gasteiger partial charge is 0.0348 e. The Kier molecular flexibility index (Phi) is 3.12. The van der Waals surface area contributed by atoms with Gasteiger partial charge in [-0.15, -0.1) is 0 Å². The van der Waals surface area contributed by atoms with Gasteiger partial charge in [-0.2, -0.15) is 0 Å². The maximum Gasteiger partial charge on any atom is 0.0348 e. The van der Waals surface area contributed by atoms with E-state index in [0.717, 1.165) is 6.04 Å². The molecule has 0 bridgehead atoms. The number of hydrogen-bond acceptors (Lipinski definition) is 2. The first-order valence-corrected chi connectivity index (χ1v) is 7.88. The molecule has 2 nitrogen and oxygen atoms in total. The maximum absolute atomic E-state index is 3.76. The zero-order valence-electron chi connectivity index (χ0n) is 11.9. The number of nitrogens with zero attached hydrogens (tertiary/aromatic N) is 1. The van der Waals surface area contributed by atoms with E-state index in [2.05, 4.69) is 52.7 Å². The molecule has 0 aromatic heterocycles. The van der Waals surface area contributed by atoms with Gasteiger partial charge in [0, 0.05) is 24.3 Å². The van der Waals surface area contributed by atoms with Crippen LogP contribution in [0, 0.1) is 0 Å². The van der Waals surface area contributed by atoms with Gasteiger partial charge in [0.2, 0.25) is 0 Å². The highest BCUT2D eigenvalue weighted by molar-refractivity contribution is 5.85. The molecule has 20 heavy (non-hydrogen) atoms. The van der Waals surface area contributed by atoms with E-state index in [9.17, 15) is 0 Å². The summed E-state index contributed by atoms with van der Waals surface area (Å²) >= 11 is 0. The van der Waals surface area contributed by atoms with Crippen LogP contribution in [0.5, 0.6) is 0 Å². The second-order valence-corrected chi connectivity index (χ2v) is 6.26. The van der Waals surface area contributed by atoms with Crippen molar-refractivity contribution in [1.82, 2.24) is 4.90 Å². The summed E-state index contributed by atoms with van der Waals surface area (Å²) in [4.78, 5) is 2.68. The van der Waals surface area contributed by atoms with Crippen LogP contribution in [0.1, 0.15) is 25.7 Å². The third-order valence-electron chi connectivity index (χ3n) is 4.94. The number of rotatable bonds is 2. The Hall–Kier alpha value is -1.54. The van der Waals surface area contributed by atoms with Crippen LogP contribution in [0.25, 0.3) is 10.8 Å². The van der Waals surface area contributed by atoms with Crippen LogP contribution in [0.15, 0.2) is 42.5 Å². The minimum atomic E-state index is 0.649. The van der Waals surface area contributed by atoms with Crippen molar-refractivity contribution in [1.29, 1.82) is 0 Å². The molecule has 2 fully saturated rings. The third-order valence-corrected chi connectivity index (χ3v) is 4.94. The molecule has 2 heteroatoms. The molecule has 0 saturated carbocycles. The van der Waals surface area contributed by atoms with E-state index in [1.165, 1.54) is 55.2 Å². The molecule has 4 rings (SSSR count). The number of anilines is 1. The molecule has 104 valence electrons. The van der Waals surface area contributed by atoms with Gasteiger partial charge in [-0.05, 0) is 55.1 Å². The fraction of sp³-hybridized carbons (Fsp3) is 0.444. The summed E-state index contributed by atoms with van der Waals surface area (Å²) in [5.41, 5.74) is 1.28. The highest BCUT2D eigenvalue weighted by atomic mass is 15.2. The number of piperidine rings is 1. The van der Waals surface area contributed by atoms with Crippen LogP contribution in [0.3, 0.4) is 0 Å². The lowest BCUT2D eigenvalue weighted by atomic mass is 9.97. The van der Waals surface area contributed by atoms with Crippen molar-refractivity contribution in [3.8, 4) is 0 Å². The van der Waals surface area contributed by atoms with Crippen LogP contribution >= 0.6 is 0 Å². The molecule has 2 unspecified atom stereocenters. The molecule has 2 saturated heterocycles. The Bertz CT molecular complexity index is 607. The molecular formula is C18H22N2. The lowest BCUT2D eigenvalue weighted by Gasteiger charge is -2.35. The fourth-order valence-corrected chi connectivity index (χ4v) is 3.87. The quantitative estimate of drug-likeness (QED) is 0.887. The summed E-state index contributed by atoms with van der Waals surface area (Å²) < 4.78 is 0. The summed E-state index contributed by atoms with van der Waals surface area (Å²) in [5.74, 6) is 0. The van der Waals surface area contributed by atoms with Gasteiger partial charge in [0.25, 0.3) is 0 Å². The molecule has 2 atom stereocenters. The van der Waals surface area contributed by atoms with Crippen LogP contribution in [0.2, 0.25) is 0 Å². The first-order chi connectivity index (χ1) is 9.88. The SMILES string of the molecule is c1ccc2cc(NC3CCN4CCCC4C3)ccc2c1. The van der Waals surface area contributed by atoms with Crippen LogP contribution < -0.4 is 5.32 Å². The van der Waals surface area contributed by atoms with Gasteiger partial charge < -0.3 is 10.2 Å². The third kappa shape index (κ3) is 2.29. The molecule has 2 heterocycles. The second kappa shape index (κ2) is 5.10. The van der Waals surface area contributed by atoms with Crippen molar-refractivity contribution in [3.63, 3.8) is 0 Å². The predicted octanol–water partition coefficient (Wildman–Crippen LogP) is 3.88. The Morgan fingerprint density at radius 1 is 0.950 bits per heavy atom. The van der Waals surface area contributed by atoms with E-state index in [1.54, 1.807) is 0 Å². The molecule has 2 aromatic carbocycles. The summed E-state index contributed by atoms with van der Waals surface area (Å²) in [6.45, 7) is 2.60. The minimum absolute atomic E-state index is 0.649. The number of benzene rings is 2. The van der Waals surface area contributed by atoms with Crippen LogP contribution in [-0.2, 0) is 0 Å². The van der Waals surface area contributed by atoms with Gasteiger partial charge in [-0.1, -0.05) is 30.3 Å². The van der Waals surface area contributed by atoms with E-state index in [0.29, 0.717) is 6.04 Å². The largest absolute Gasteiger partial charge is 0.382 e. The van der Waals surface area contributed by atoms with Crippen LogP contribution in [-0.4, -0.2) is 30.1 Å².